The number of carbonyl (C=O) groups excluding carboxylic acids is 1. The van der Waals surface area contributed by atoms with Gasteiger partial charge in [-0.25, -0.2) is 8.42 Å². The zero-order valence-electron chi connectivity index (χ0n) is 15.0. The summed E-state index contributed by atoms with van der Waals surface area (Å²) in [5.41, 5.74) is 0. The van der Waals surface area contributed by atoms with Crippen molar-refractivity contribution in [2.24, 2.45) is 0 Å². The molecule has 1 amide bonds. The van der Waals surface area contributed by atoms with E-state index in [9.17, 15) is 13.2 Å². The normalized spacial score (nSPS) is 15.7. The smallest absolute Gasteiger partial charge is 0.243 e. The number of benzene rings is 1. The summed E-state index contributed by atoms with van der Waals surface area (Å²) in [7, 11) is -3.55. The summed E-state index contributed by atoms with van der Waals surface area (Å²) in [6.07, 6.45) is 0. The van der Waals surface area contributed by atoms with Crippen LogP contribution in [0.4, 0.5) is 0 Å². The summed E-state index contributed by atoms with van der Waals surface area (Å²) in [6.45, 7) is 3.87. The molecule has 1 aromatic carbocycles. The van der Waals surface area contributed by atoms with Crippen LogP contribution < -0.4 is 4.74 Å². The molecule has 2 aromatic rings. The van der Waals surface area contributed by atoms with Crippen molar-refractivity contribution in [3.8, 4) is 5.75 Å². The van der Waals surface area contributed by atoms with E-state index in [2.05, 4.69) is 0 Å². The van der Waals surface area contributed by atoms with Gasteiger partial charge in [-0.15, -0.1) is 23.1 Å². The number of ether oxygens (including phenoxy) is 1. The Labute approximate surface area is 168 Å². The Kier molecular flexibility index (Phi) is 6.80. The highest BCUT2D eigenvalue weighted by molar-refractivity contribution is 8.01. The first kappa shape index (κ1) is 20.2. The minimum absolute atomic E-state index is 0.0477. The number of hydrogen-bond donors (Lipinski definition) is 0. The van der Waals surface area contributed by atoms with Crippen LogP contribution in [-0.4, -0.2) is 62.1 Å². The van der Waals surface area contributed by atoms with Crippen molar-refractivity contribution in [3.05, 3.63) is 41.8 Å². The van der Waals surface area contributed by atoms with Gasteiger partial charge in [0.2, 0.25) is 15.9 Å². The fourth-order valence-corrected chi connectivity index (χ4v) is 5.88. The third-order valence-electron chi connectivity index (χ3n) is 4.20. The second kappa shape index (κ2) is 9.09. The van der Waals surface area contributed by atoms with Gasteiger partial charge in [0.05, 0.1) is 21.5 Å². The quantitative estimate of drug-likeness (QED) is 0.637. The van der Waals surface area contributed by atoms with Crippen molar-refractivity contribution < 1.29 is 17.9 Å². The van der Waals surface area contributed by atoms with Crippen LogP contribution in [0.5, 0.6) is 5.75 Å². The number of thioether (sulfide) groups is 1. The lowest BCUT2D eigenvalue weighted by Crippen LogP contribution is -2.50. The lowest BCUT2D eigenvalue weighted by Gasteiger charge is -2.34. The van der Waals surface area contributed by atoms with Gasteiger partial charge in [-0.05, 0) is 42.6 Å². The van der Waals surface area contributed by atoms with Gasteiger partial charge in [0, 0.05) is 26.2 Å². The standard InChI is InChI=1S/C18H22N2O4S3/c1-2-24-15-5-7-16(8-6-15)27(22,23)20-11-9-19(10-12-20)17(21)14-26-18-4-3-13-25-18/h3-8,13H,2,9-12,14H2,1H3. The molecule has 1 fully saturated rings. The monoisotopic (exact) mass is 426 g/mol. The molecule has 3 rings (SSSR count). The Hall–Kier alpha value is -1.55. The molecule has 1 aliphatic rings. The minimum atomic E-state index is -3.55. The van der Waals surface area contributed by atoms with Crippen LogP contribution in [0.25, 0.3) is 0 Å². The number of hydrogen-bond acceptors (Lipinski definition) is 6. The molecule has 1 aromatic heterocycles. The zero-order chi connectivity index (χ0) is 19.3. The SMILES string of the molecule is CCOc1ccc(S(=O)(=O)N2CCN(C(=O)CSc3cccs3)CC2)cc1. The highest BCUT2D eigenvalue weighted by atomic mass is 32.2. The molecule has 0 bridgehead atoms. The lowest BCUT2D eigenvalue weighted by molar-refractivity contribution is -0.129. The molecule has 0 spiro atoms. The Bertz CT molecular complexity index is 843. The molecule has 9 heteroatoms. The predicted molar refractivity (Wildman–Crippen MR) is 108 cm³/mol. The highest BCUT2D eigenvalue weighted by Crippen LogP contribution is 2.24. The molecular formula is C18H22N2O4S3. The van der Waals surface area contributed by atoms with Crippen molar-refractivity contribution in [1.82, 2.24) is 9.21 Å². The predicted octanol–water partition coefficient (Wildman–Crippen LogP) is 2.77. The van der Waals surface area contributed by atoms with Crippen LogP contribution in [0.2, 0.25) is 0 Å². The Morgan fingerprint density at radius 2 is 1.85 bits per heavy atom. The molecule has 0 aliphatic carbocycles. The molecule has 2 heterocycles. The molecule has 6 nitrogen and oxygen atoms in total. The van der Waals surface area contributed by atoms with Gasteiger partial charge in [0.25, 0.3) is 0 Å². The third-order valence-corrected chi connectivity index (χ3v) is 8.23. The van der Waals surface area contributed by atoms with E-state index in [0.717, 1.165) is 4.21 Å². The summed E-state index contributed by atoms with van der Waals surface area (Å²) in [5.74, 6) is 1.08. The van der Waals surface area contributed by atoms with Gasteiger partial charge in [-0.1, -0.05) is 6.07 Å². The number of carbonyl (C=O) groups is 1. The van der Waals surface area contributed by atoms with E-state index >= 15 is 0 Å². The van der Waals surface area contributed by atoms with Crippen LogP contribution in [0, 0.1) is 0 Å². The molecule has 0 N–H and O–H groups in total. The Balaban J connectivity index is 1.55. The van der Waals surface area contributed by atoms with Crippen molar-refractivity contribution in [3.63, 3.8) is 0 Å². The Morgan fingerprint density at radius 3 is 2.44 bits per heavy atom. The third kappa shape index (κ3) is 5.04. The summed E-state index contributed by atoms with van der Waals surface area (Å²) in [6, 6.07) is 10.4. The zero-order valence-corrected chi connectivity index (χ0v) is 17.5. The van der Waals surface area contributed by atoms with Crippen LogP contribution in [0.3, 0.4) is 0 Å². The second-order valence-corrected chi connectivity index (χ2v) is 10.1. The molecule has 1 aliphatic heterocycles. The van der Waals surface area contributed by atoms with Gasteiger partial charge in [0.15, 0.2) is 0 Å². The van der Waals surface area contributed by atoms with E-state index in [1.165, 1.54) is 16.1 Å². The number of sulfonamides is 1. The number of nitrogens with zero attached hydrogens (tertiary/aromatic N) is 2. The first-order valence-electron chi connectivity index (χ1n) is 8.68. The maximum absolute atomic E-state index is 12.8. The molecule has 0 saturated carbocycles. The van der Waals surface area contributed by atoms with Crippen LogP contribution in [-0.2, 0) is 14.8 Å². The van der Waals surface area contributed by atoms with E-state index in [1.807, 2.05) is 24.4 Å². The second-order valence-electron chi connectivity index (χ2n) is 5.91. The maximum Gasteiger partial charge on any atom is 0.243 e. The number of piperazine rings is 1. The summed E-state index contributed by atoms with van der Waals surface area (Å²) in [4.78, 5) is 14.3. The molecule has 0 atom stereocenters. The first-order valence-corrected chi connectivity index (χ1v) is 12.0. The van der Waals surface area contributed by atoms with Gasteiger partial charge in [-0.2, -0.15) is 4.31 Å². The molecule has 146 valence electrons. The van der Waals surface area contributed by atoms with E-state index < -0.39 is 10.0 Å². The largest absolute Gasteiger partial charge is 0.494 e. The molecule has 27 heavy (non-hydrogen) atoms. The Morgan fingerprint density at radius 1 is 1.15 bits per heavy atom. The summed E-state index contributed by atoms with van der Waals surface area (Å²) >= 11 is 3.13. The van der Waals surface area contributed by atoms with Crippen LogP contribution >= 0.6 is 23.1 Å². The van der Waals surface area contributed by atoms with Crippen molar-refractivity contribution in [1.29, 1.82) is 0 Å². The topological polar surface area (TPSA) is 66.9 Å². The number of thiophene rings is 1. The summed E-state index contributed by atoms with van der Waals surface area (Å²) < 4.78 is 33.5. The van der Waals surface area contributed by atoms with E-state index in [0.29, 0.717) is 44.3 Å². The van der Waals surface area contributed by atoms with Gasteiger partial charge < -0.3 is 9.64 Å². The van der Waals surface area contributed by atoms with E-state index in [1.54, 1.807) is 40.5 Å². The lowest BCUT2D eigenvalue weighted by atomic mass is 10.3. The van der Waals surface area contributed by atoms with E-state index in [4.69, 9.17) is 4.74 Å². The van der Waals surface area contributed by atoms with Crippen LogP contribution in [0.1, 0.15) is 6.92 Å². The van der Waals surface area contributed by atoms with Crippen molar-refractivity contribution in [2.45, 2.75) is 16.0 Å². The van der Waals surface area contributed by atoms with Gasteiger partial charge in [-0.3, -0.25) is 4.79 Å². The fraction of sp³-hybridized carbons (Fsp3) is 0.389. The van der Waals surface area contributed by atoms with Crippen LogP contribution in [0.15, 0.2) is 50.9 Å². The van der Waals surface area contributed by atoms with Crippen molar-refractivity contribution >= 4 is 39.0 Å². The maximum atomic E-state index is 12.8. The van der Waals surface area contributed by atoms with E-state index in [-0.39, 0.29) is 10.8 Å². The number of rotatable bonds is 7. The van der Waals surface area contributed by atoms with Gasteiger partial charge >= 0.3 is 0 Å². The first-order chi connectivity index (χ1) is 13.0. The summed E-state index contributed by atoms with van der Waals surface area (Å²) in [5, 5.41) is 1.98. The molecule has 1 saturated heterocycles. The molecular weight excluding hydrogens is 404 g/mol. The molecule has 0 radical (unpaired) electrons. The number of amides is 1. The highest BCUT2D eigenvalue weighted by Gasteiger charge is 2.30. The average molecular weight is 427 g/mol. The molecule has 0 unspecified atom stereocenters. The average Bonchev–Trinajstić information content (AvgIpc) is 3.20. The van der Waals surface area contributed by atoms with Gasteiger partial charge in [0.1, 0.15) is 5.75 Å². The fourth-order valence-electron chi connectivity index (χ4n) is 2.77. The van der Waals surface area contributed by atoms with Crippen molar-refractivity contribution in [2.75, 3.05) is 38.5 Å². The minimum Gasteiger partial charge on any atom is -0.494 e.